The van der Waals surface area contributed by atoms with E-state index in [0.717, 1.165) is 29.8 Å². The van der Waals surface area contributed by atoms with Crippen LogP contribution in [0.25, 0.3) is 10.4 Å². The minimum absolute atomic E-state index is 0.0317. The number of nitrogens with two attached hydrogens (primary N) is 1. The quantitative estimate of drug-likeness (QED) is 0.845. The van der Waals surface area contributed by atoms with Crippen LogP contribution in [-0.4, -0.2) is 36.5 Å². The first-order valence-corrected chi connectivity index (χ1v) is 9.45. The maximum absolute atomic E-state index is 12.8. The molecule has 1 aromatic carbocycles. The van der Waals surface area contributed by atoms with Gasteiger partial charge in [0.15, 0.2) is 0 Å². The maximum Gasteiger partial charge on any atom is 0.387 e. The smallest absolute Gasteiger partial charge is 0.387 e. The molecule has 2 N–H and O–H groups in total. The lowest BCUT2D eigenvalue weighted by Crippen LogP contribution is -2.44. The molecule has 0 aliphatic carbocycles. The van der Waals surface area contributed by atoms with Crippen molar-refractivity contribution in [2.75, 3.05) is 13.1 Å². The minimum Gasteiger partial charge on any atom is -0.435 e. The lowest BCUT2D eigenvalue weighted by Gasteiger charge is -2.34. The van der Waals surface area contributed by atoms with E-state index in [-0.39, 0.29) is 17.7 Å². The molecule has 4 nitrogen and oxygen atoms in total. The Morgan fingerprint density at radius 2 is 2.00 bits per heavy atom. The Labute approximate surface area is 155 Å². The zero-order valence-electron chi connectivity index (χ0n) is 14.5. The fourth-order valence-corrected chi connectivity index (χ4v) is 4.17. The van der Waals surface area contributed by atoms with Crippen molar-refractivity contribution in [2.24, 2.45) is 11.7 Å². The SMILES string of the molecule is CC(N)C1CCCN(C(=O)c2ccc(-c3ccc(OC(F)F)cc3)s2)C1. The van der Waals surface area contributed by atoms with E-state index < -0.39 is 6.61 Å². The number of rotatable bonds is 5. The number of piperidine rings is 1. The summed E-state index contributed by atoms with van der Waals surface area (Å²) in [6.07, 6.45) is 2.03. The number of hydrogen-bond donors (Lipinski definition) is 1. The van der Waals surface area contributed by atoms with Gasteiger partial charge in [0.1, 0.15) is 5.75 Å². The molecule has 2 atom stereocenters. The van der Waals surface area contributed by atoms with Crippen molar-refractivity contribution >= 4 is 17.2 Å². The third-order valence-corrected chi connectivity index (χ3v) is 5.79. The summed E-state index contributed by atoms with van der Waals surface area (Å²) in [5.74, 6) is 0.491. The predicted octanol–water partition coefficient (Wildman–Crippen LogP) is 4.22. The summed E-state index contributed by atoms with van der Waals surface area (Å²) in [4.78, 5) is 16.3. The van der Waals surface area contributed by atoms with Crippen molar-refractivity contribution in [2.45, 2.75) is 32.4 Å². The monoisotopic (exact) mass is 380 g/mol. The second kappa shape index (κ2) is 8.14. The Kier molecular flexibility index (Phi) is 5.88. The first kappa shape index (κ1) is 18.8. The molecule has 0 radical (unpaired) electrons. The number of thiophene rings is 1. The molecular weight excluding hydrogens is 358 g/mol. The molecule has 2 aromatic rings. The lowest BCUT2D eigenvalue weighted by molar-refractivity contribution is -0.0498. The number of amides is 1. The predicted molar refractivity (Wildman–Crippen MR) is 98.7 cm³/mol. The standard InChI is InChI=1S/C19H22F2N2O2S/c1-12(22)14-3-2-10-23(11-14)18(24)17-9-8-16(26-17)13-4-6-15(7-5-13)25-19(20)21/h4-9,12,14,19H,2-3,10-11,22H2,1H3. The normalized spacial score (nSPS) is 18.8. The summed E-state index contributed by atoms with van der Waals surface area (Å²) in [5, 5.41) is 0. The zero-order chi connectivity index (χ0) is 18.7. The van der Waals surface area contributed by atoms with Crippen LogP contribution in [0.1, 0.15) is 29.4 Å². The molecule has 2 heterocycles. The molecule has 3 rings (SSSR count). The maximum atomic E-state index is 12.8. The van der Waals surface area contributed by atoms with Crippen LogP contribution in [0.5, 0.6) is 5.75 Å². The van der Waals surface area contributed by atoms with Crippen LogP contribution in [0.4, 0.5) is 8.78 Å². The molecule has 0 saturated carbocycles. The van der Waals surface area contributed by atoms with Gasteiger partial charge in [0, 0.05) is 24.0 Å². The molecule has 1 amide bonds. The van der Waals surface area contributed by atoms with Crippen LogP contribution < -0.4 is 10.5 Å². The van der Waals surface area contributed by atoms with Gasteiger partial charge < -0.3 is 15.4 Å². The van der Waals surface area contributed by atoms with E-state index in [9.17, 15) is 13.6 Å². The van der Waals surface area contributed by atoms with Crippen molar-refractivity contribution in [1.82, 2.24) is 4.90 Å². The number of hydrogen-bond acceptors (Lipinski definition) is 4. The molecule has 26 heavy (non-hydrogen) atoms. The van der Waals surface area contributed by atoms with Gasteiger partial charge in [0.25, 0.3) is 5.91 Å². The fraction of sp³-hybridized carbons (Fsp3) is 0.421. The van der Waals surface area contributed by atoms with Crippen molar-refractivity contribution < 1.29 is 18.3 Å². The van der Waals surface area contributed by atoms with Crippen molar-refractivity contribution in [1.29, 1.82) is 0 Å². The van der Waals surface area contributed by atoms with E-state index in [2.05, 4.69) is 4.74 Å². The van der Waals surface area contributed by atoms with Gasteiger partial charge in [0.05, 0.1) is 4.88 Å². The number of carbonyl (C=O) groups excluding carboxylic acids is 1. The van der Waals surface area contributed by atoms with Gasteiger partial charge in [-0.05, 0) is 67.6 Å². The second-order valence-corrected chi connectivity index (χ2v) is 7.66. The van der Waals surface area contributed by atoms with Crippen molar-refractivity contribution in [3.05, 3.63) is 41.3 Å². The van der Waals surface area contributed by atoms with E-state index in [1.165, 1.54) is 23.5 Å². The van der Waals surface area contributed by atoms with Crippen LogP contribution >= 0.6 is 11.3 Å². The van der Waals surface area contributed by atoms with E-state index in [4.69, 9.17) is 5.73 Å². The van der Waals surface area contributed by atoms with E-state index >= 15 is 0 Å². The summed E-state index contributed by atoms with van der Waals surface area (Å²) in [7, 11) is 0. The van der Waals surface area contributed by atoms with E-state index in [1.807, 2.05) is 24.0 Å². The first-order valence-electron chi connectivity index (χ1n) is 8.64. The summed E-state index contributed by atoms with van der Waals surface area (Å²) >= 11 is 1.41. The number of alkyl halides is 2. The summed E-state index contributed by atoms with van der Waals surface area (Å²) < 4.78 is 28.8. The summed E-state index contributed by atoms with van der Waals surface area (Å²) in [6.45, 7) is 0.609. The third-order valence-electron chi connectivity index (χ3n) is 4.67. The summed E-state index contributed by atoms with van der Waals surface area (Å²) in [5.41, 5.74) is 6.86. The Hall–Kier alpha value is -1.99. The highest BCUT2D eigenvalue weighted by Crippen LogP contribution is 2.31. The lowest BCUT2D eigenvalue weighted by atomic mass is 9.92. The number of nitrogens with zero attached hydrogens (tertiary/aromatic N) is 1. The Morgan fingerprint density at radius 3 is 2.65 bits per heavy atom. The largest absolute Gasteiger partial charge is 0.435 e. The highest BCUT2D eigenvalue weighted by atomic mass is 32.1. The molecule has 1 aromatic heterocycles. The van der Waals surface area contributed by atoms with Gasteiger partial charge in [0.2, 0.25) is 0 Å². The van der Waals surface area contributed by atoms with Gasteiger partial charge in [-0.3, -0.25) is 4.79 Å². The average Bonchev–Trinajstić information content (AvgIpc) is 3.11. The molecule has 1 aliphatic rings. The van der Waals surface area contributed by atoms with Crippen molar-refractivity contribution in [3.63, 3.8) is 0 Å². The van der Waals surface area contributed by atoms with Gasteiger partial charge in [-0.25, -0.2) is 0 Å². The van der Waals surface area contributed by atoms with E-state index in [1.54, 1.807) is 12.1 Å². The topological polar surface area (TPSA) is 55.6 Å². The number of carbonyl (C=O) groups is 1. The highest BCUT2D eigenvalue weighted by Gasteiger charge is 2.27. The second-order valence-electron chi connectivity index (χ2n) is 6.58. The zero-order valence-corrected chi connectivity index (χ0v) is 15.3. The van der Waals surface area contributed by atoms with Gasteiger partial charge >= 0.3 is 6.61 Å². The van der Waals surface area contributed by atoms with Crippen molar-refractivity contribution in [3.8, 4) is 16.2 Å². The van der Waals surface area contributed by atoms with Crippen LogP contribution in [0.15, 0.2) is 36.4 Å². The van der Waals surface area contributed by atoms with Gasteiger partial charge in [-0.15, -0.1) is 11.3 Å². The molecule has 7 heteroatoms. The number of benzene rings is 1. The summed E-state index contributed by atoms with van der Waals surface area (Å²) in [6, 6.07) is 10.2. The van der Waals surface area contributed by atoms with Gasteiger partial charge in [-0.1, -0.05) is 0 Å². The fourth-order valence-electron chi connectivity index (χ4n) is 3.19. The molecule has 0 bridgehead atoms. The van der Waals surface area contributed by atoms with Gasteiger partial charge in [-0.2, -0.15) is 8.78 Å². The average molecular weight is 380 g/mol. The third kappa shape index (κ3) is 4.40. The van der Waals surface area contributed by atoms with Crippen LogP contribution in [0.2, 0.25) is 0 Å². The molecule has 1 aliphatic heterocycles. The van der Waals surface area contributed by atoms with Crippen LogP contribution in [-0.2, 0) is 0 Å². The number of halogens is 2. The molecule has 2 unspecified atom stereocenters. The Bertz CT molecular complexity index is 746. The molecule has 1 saturated heterocycles. The minimum atomic E-state index is -2.84. The molecule has 1 fully saturated rings. The number of likely N-dealkylation sites (tertiary alicyclic amines) is 1. The molecular formula is C19H22F2N2O2S. The highest BCUT2D eigenvalue weighted by molar-refractivity contribution is 7.17. The Balaban J connectivity index is 1.70. The van der Waals surface area contributed by atoms with E-state index in [0.29, 0.717) is 17.3 Å². The number of ether oxygens (including phenoxy) is 1. The molecule has 0 spiro atoms. The van der Waals surface area contributed by atoms with Crippen LogP contribution in [0.3, 0.4) is 0 Å². The Morgan fingerprint density at radius 1 is 1.27 bits per heavy atom. The van der Waals surface area contributed by atoms with Crippen LogP contribution in [0, 0.1) is 5.92 Å². The first-order chi connectivity index (χ1) is 12.4. The molecule has 140 valence electrons.